The number of hydrogen-bond donors (Lipinski definition) is 0. The summed E-state index contributed by atoms with van der Waals surface area (Å²) < 4.78 is 34.1. The molecule has 0 fully saturated rings. The van der Waals surface area contributed by atoms with Gasteiger partial charge in [0.15, 0.2) is 0 Å². The van der Waals surface area contributed by atoms with Crippen LogP contribution in [0, 0.1) is 0 Å². The van der Waals surface area contributed by atoms with Crippen LogP contribution in [0.5, 0.6) is 0 Å². The molecule has 0 atom stereocenters. The van der Waals surface area contributed by atoms with Gasteiger partial charge < -0.3 is 17.8 Å². The molecule has 0 saturated carbocycles. The third kappa shape index (κ3) is 7.90. The van der Waals surface area contributed by atoms with Crippen molar-refractivity contribution in [2.75, 3.05) is 6.44 Å². The molecule has 0 heterocycles. The van der Waals surface area contributed by atoms with Crippen molar-refractivity contribution in [2.45, 2.75) is 0 Å². The van der Waals surface area contributed by atoms with Crippen LogP contribution in [0.15, 0.2) is 0 Å². The van der Waals surface area contributed by atoms with Crippen LogP contribution in [0.3, 0.4) is 0 Å². The molecule has 58 valence electrons. The minimum atomic E-state index is -5.09. The second kappa shape index (κ2) is 5.62. The normalized spacial score (nSPS) is 9.73. The molecule has 0 aliphatic heterocycles. The smallest absolute Gasteiger partial charge is 0.448 e. The van der Waals surface area contributed by atoms with Gasteiger partial charge in [-0.15, -0.1) is 0 Å². The third-order valence-electron chi connectivity index (χ3n) is 0.689. The van der Waals surface area contributed by atoms with Gasteiger partial charge in [-0.2, -0.15) is 0 Å². The number of imide groups is 1. The van der Waals surface area contributed by atoms with E-state index in [1.807, 2.05) is 0 Å². The molecule has 0 spiro atoms. The van der Waals surface area contributed by atoms with Crippen LogP contribution in [0.25, 0.3) is 0 Å². The molecule has 0 N–H and O–H groups in total. The van der Waals surface area contributed by atoms with Gasteiger partial charge in [0, 0.05) is 0 Å². The van der Waals surface area contributed by atoms with Gasteiger partial charge in [0.1, 0.15) is 0 Å². The molecule has 0 unspecified atom stereocenters. The SMILES string of the molecule is O=CN(C=O)C[B-](F)(F)F.[Na+]. The van der Waals surface area contributed by atoms with Crippen LogP contribution in [0.2, 0.25) is 0 Å². The summed E-state index contributed by atoms with van der Waals surface area (Å²) in [5, 5.41) is 0. The van der Waals surface area contributed by atoms with Crippen LogP contribution in [-0.2, 0) is 9.59 Å². The molecule has 0 saturated heterocycles. The number of nitrogens with zero attached hydrogens (tertiary/aromatic N) is 1. The summed E-state index contributed by atoms with van der Waals surface area (Å²) in [4.78, 5) is 19.2. The van der Waals surface area contributed by atoms with E-state index in [1.165, 1.54) is 0 Å². The van der Waals surface area contributed by atoms with E-state index >= 15 is 0 Å². The van der Waals surface area contributed by atoms with Crippen molar-refractivity contribution in [1.29, 1.82) is 0 Å². The Kier molecular flexibility index (Phi) is 6.94. The molecule has 11 heavy (non-hydrogen) atoms. The third-order valence-corrected chi connectivity index (χ3v) is 0.689. The first-order chi connectivity index (χ1) is 4.49. The predicted octanol–water partition coefficient (Wildman–Crippen LogP) is -3.01. The van der Waals surface area contributed by atoms with E-state index in [0.717, 1.165) is 0 Å². The summed E-state index contributed by atoms with van der Waals surface area (Å²) in [5.74, 6) is 0. The fourth-order valence-electron chi connectivity index (χ4n) is 0.350. The molecule has 0 aromatic heterocycles. The Morgan fingerprint density at radius 2 is 1.55 bits per heavy atom. The Hall–Kier alpha value is -0.00506. The molecule has 0 bridgehead atoms. The zero-order valence-corrected chi connectivity index (χ0v) is 7.84. The van der Waals surface area contributed by atoms with Gasteiger partial charge in [0.05, 0.1) is 0 Å². The standard InChI is InChI=1S/C3H4BF3NO2.Na/c5-4(6,7)1-8(2-9)3-10;/h2-3H,1H2;/q-1;+1. The molecule has 0 radical (unpaired) electrons. The van der Waals surface area contributed by atoms with Crippen molar-refractivity contribution in [2.24, 2.45) is 0 Å². The Balaban J connectivity index is 0. The van der Waals surface area contributed by atoms with Crippen molar-refractivity contribution in [1.82, 2.24) is 4.90 Å². The Morgan fingerprint density at radius 1 is 1.18 bits per heavy atom. The van der Waals surface area contributed by atoms with Gasteiger partial charge in [-0.3, -0.25) is 9.59 Å². The topological polar surface area (TPSA) is 37.4 Å². The van der Waals surface area contributed by atoms with Crippen molar-refractivity contribution in [3.63, 3.8) is 0 Å². The van der Waals surface area contributed by atoms with Crippen molar-refractivity contribution in [3.8, 4) is 0 Å². The molecule has 0 aliphatic carbocycles. The van der Waals surface area contributed by atoms with Crippen molar-refractivity contribution >= 4 is 19.8 Å². The largest absolute Gasteiger partial charge is 1.00 e. The first-order valence-corrected chi connectivity index (χ1v) is 2.37. The van der Waals surface area contributed by atoms with Gasteiger partial charge >= 0.3 is 36.5 Å². The maximum Gasteiger partial charge on any atom is 1.00 e. The van der Waals surface area contributed by atoms with Gasteiger partial charge in [-0.25, -0.2) is 0 Å². The second-order valence-electron chi connectivity index (χ2n) is 1.62. The van der Waals surface area contributed by atoms with E-state index in [9.17, 15) is 22.5 Å². The molecule has 0 aromatic carbocycles. The first kappa shape index (κ1) is 13.6. The van der Waals surface area contributed by atoms with Gasteiger partial charge in [-0.05, 0) is 6.44 Å². The van der Waals surface area contributed by atoms with Crippen LogP contribution < -0.4 is 29.6 Å². The fourth-order valence-corrected chi connectivity index (χ4v) is 0.350. The first-order valence-electron chi connectivity index (χ1n) is 2.37. The molecule has 8 heteroatoms. The maximum atomic E-state index is 11.4. The summed E-state index contributed by atoms with van der Waals surface area (Å²) in [7, 11) is 0. The summed E-state index contributed by atoms with van der Waals surface area (Å²) in [6, 6.07) is 0. The minimum absolute atomic E-state index is 0. The number of hydrogen-bond acceptors (Lipinski definition) is 2. The van der Waals surface area contributed by atoms with Gasteiger partial charge in [0.25, 0.3) is 0 Å². The number of amides is 2. The second-order valence-corrected chi connectivity index (χ2v) is 1.62. The molecule has 3 nitrogen and oxygen atoms in total. The molecule has 0 rings (SSSR count). The summed E-state index contributed by atoms with van der Waals surface area (Å²) in [6.07, 6.45) is -1.79. The zero-order chi connectivity index (χ0) is 8.20. The van der Waals surface area contributed by atoms with Crippen molar-refractivity contribution < 1.29 is 52.1 Å². The van der Waals surface area contributed by atoms with Crippen LogP contribution in [-0.4, -0.2) is 31.1 Å². The number of carbonyl (C=O) groups is 2. The van der Waals surface area contributed by atoms with E-state index < -0.39 is 13.4 Å². The summed E-state index contributed by atoms with van der Waals surface area (Å²) in [6.45, 7) is -5.09. The number of rotatable bonds is 4. The van der Waals surface area contributed by atoms with E-state index in [0.29, 0.717) is 0 Å². The average Bonchev–Trinajstić information content (AvgIpc) is 1.81. The van der Waals surface area contributed by atoms with Crippen LogP contribution >= 0.6 is 0 Å². The number of halogens is 3. The van der Waals surface area contributed by atoms with E-state index in [1.54, 1.807) is 0 Å². The fraction of sp³-hybridized carbons (Fsp3) is 0.333. The molecular weight excluding hydrogens is 173 g/mol. The van der Waals surface area contributed by atoms with E-state index in [-0.39, 0.29) is 47.3 Å². The Labute approximate surface area is 83.3 Å². The van der Waals surface area contributed by atoms with Gasteiger partial charge in [-0.1, -0.05) is 0 Å². The Morgan fingerprint density at radius 3 is 1.64 bits per heavy atom. The quantitative estimate of drug-likeness (QED) is 0.338. The summed E-state index contributed by atoms with van der Waals surface area (Å²) >= 11 is 0. The molecular formula is C3H4BF3NNaO2. The summed E-state index contributed by atoms with van der Waals surface area (Å²) in [5.41, 5.74) is 0. The molecule has 0 aliphatic rings. The predicted molar refractivity (Wildman–Crippen MR) is 27.9 cm³/mol. The monoisotopic (exact) mass is 177 g/mol. The zero-order valence-electron chi connectivity index (χ0n) is 5.84. The van der Waals surface area contributed by atoms with E-state index in [4.69, 9.17) is 0 Å². The van der Waals surface area contributed by atoms with Crippen molar-refractivity contribution in [3.05, 3.63) is 0 Å². The minimum Gasteiger partial charge on any atom is -0.448 e. The molecule has 0 aromatic rings. The van der Waals surface area contributed by atoms with Crippen LogP contribution in [0.1, 0.15) is 0 Å². The van der Waals surface area contributed by atoms with Gasteiger partial charge in [0.2, 0.25) is 12.8 Å². The maximum absolute atomic E-state index is 11.4. The Bertz CT molecular complexity index is 133. The molecule has 2 amide bonds. The van der Waals surface area contributed by atoms with E-state index in [2.05, 4.69) is 0 Å². The van der Waals surface area contributed by atoms with Crippen LogP contribution in [0.4, 0.5) is 12.9 Å². The number of carbonyl (C=O) groups excluding carboxylic acids is 2. The average molecular weight is 177 g/mol.